The minimum Gasteiger partial charge on any atom is -0.352 e. The van der Waals surface area contributed by atoms with Gasteiger partial charge in [-0.3, -0.25) is 0 Å². The zero-order chi connectivity index (χ0) is 11.4. The first-order valence-corrected chi connectivity index (χ1v) is 6.69. The number of halogens is 1. The Labute approximate surface area is 105 Å². The zero-order valence-corrected chi connectivity index (χ0v) is 11.2. The van der Waals surface area contributed by atoms with Gasteiger partial charge in [0, 0.05) is 29.8 Å². The number of likely N-dealkylation sites (N-methyl/N-ethyl adjacent to an activating group) is 1. The van der Waals surface area contributed by atoms with Crippen molar-refractivity contribution in [3.8, 4) is 0 Å². The van der Waals surface area contributed by atoms with Crippen LogP contribution in [0.2, 0.25) is 0 Å². The van der Waals surface area contributed by atoms with Crippen LogP contribution < -0.4 is 10.2 Å². The fraction of sp³-hybridized carbons (Fsp3) is 0.583. The van der Waals surface area contributed by atoms with Crippen LogP contribution in [0.4, 0.5) is 5.82 Å². The molecule has 16 heavy (non-hydrogen) atoms. The Bertz CT molecular complexity index is 326. The molecule has 0 saturated carbocycles. The van der Waals surface area contributed by atoms with Gasteiger partial charge in [-0.25, -0.2) is 4.98 Å². The van der Waals surface area contributed by atoms with Crippen LogP contribution in [0.5, 0.6) is 0 Å². The molecule has 0 amide bonds. The van der Waals surface area contributed by atoms with Crippen molar-refractivity contribution in [2.24, 2.45) is 0 Å². The maximum absolute atomic E-state index is 4.47. The summed E-state index contributed by atoms with van der Waals surface area (Å²) in [7, 11) is 0. The molecule has 1 aromatic heterocycles. The molecule has 1 saturated heterocycles. The van der Waals surface area contributed by atoms with Gasteiger partial charge in [0.15, 0.2) is 0 Å². The van der Waals surface area contributed by atoms with E-state index < -0.39 is 0 Å². The molecule has 1 aliphatic heterocycles. The Morgan fingerprint density at radius 1 is 1.56 bits per heavy atom. The molecule has 1 fully saturated rings. The molecule has 2 rings (SSSR count). The Kier molecular flexibility index (Phi) is 4.18. The summed E-state index contributed by atoms with van der Waals surface area (Å²) in [6.07, 6.45) is 4.41. The van der Waals surface area contributed by atoms with Crippen LogP contribution in [0.15, 0.2) is 22.8 Å². The molecule has 1 N–H and O–H groups in total. The SMILES string of the molecule is CCNCC1CCCN1c1ccc(Br)cn1. The van der Waals surface area contributed by atoms with E-state index in [1.54, 1.807) is 0 Å². The second-order valence-electron chi connectivity index (χ2n) is 4.13. The number of anilines is 1. The molecule has 1 unspecified atom stereocenters. The lowest BCUT2D eigenvalue weighted by Gasteiger charge is -2.25. The molecule has 0 radical (unpaired) electrons. The summed E-state index contributed by atoms with van der Waals surface area (Å²) in [5.74, 6) is 1.10. The lowest BCUT2D eigenvalue weighted by Crippen LogP contribution is -2.38. The summed E-state index contributed by atoms with van der Waals surface area (Å²) in [5.41, 5.74) is 0. The van der Waals surface area contributed by atoms with E-state index in [1.807, 2.05) is 6.20 Å². The van der Waals surface area contributed by atoms with Gasteiger partial charge in [-0.05, 0) is 47.4 Å². The third-order valence-electron chi connectivity index (χ3n) is 3.01. The first kappa shape index (κ1) is 11.9. The number of pyridine rings is 1. The summed E-state index contributed by atoms with van der Waals surface area (Å²) in [4.78, 5) is 6.88. The highest BCUT2D eigenvalue weighted by atomic mass is 79.9. The molecule has 0 spiro atoms. The van der Waals surface area contributed by atoms with Gasteiger partial charge >= 0.3 is 0 Å². The highest BCUT2D eigenvalue weighted by Gasteiger charge is 2.24. The Morgan fingerprint density at radius 3 is 3.12 bits per heavy atom. The number of nitrogens with one attached hydrogen (secondary N) is 1. The normalized spacial score (nSPS) is 20.4. The Morgan fingerprint density at radius 2 is 2.44 bits per heavy atom. The van der Waals surface area contributed by atoms with Gasteiger partial charge in [-0.1, -0.05) is 6.92 Å². The molecule has 1 atom stereocenters. The average Bonchev–Trinajstić information content (AvgIpc) is 2.75. The molecule has 1 aliphatic rings. The fourth-order valence-corrected chi connectivity index (χ4v) is 2.43. The van der Waals surface area contributed by atoms with Crippen LogP contribution in [-0.4, -0.2) is 30.7 Å². The number of hydrogen-bond donors (Lipinski definition) is 1. The molecule has 3 nitrogen and oxygen atoms in total. The van der Waals surface area contributed by atoms with E-state index in [0.29, 0.717) is 6.04 Å². The minimum atomic E-state index is 0.605. The van der Waals surface area contributed by atoms with Gasteiger partial charge in [0.1, 0.15) is 5.82 Å². The van der Waals surface area contributed by atoms with Crippen LogP contribution in [0, 0.1) is 0 Å². The third-order valence-corrected chi connectivity index (χ3v) is 3.48. The fourth-order valence-electron chi connectivity index (χ4n) is 2.20. The molecular weight excluding hydrogens is 266 g/mol. The lowest BCUT2D eigenvalue weighted by atomic mass is 10.2. The van der Waals surface area contributed by atoms with Crippen LogP contribution in [0.1, 0.15) is 19.8 Å². The maximum atomic E-state index is 4.47. The second-order valence-corrected chi connectivity index (χ2v) is 5.05. The summed E-state index contributed by atoms with van der Waals surface area (Å²) in [5, 5.41) is 3.42. The molecule has 0 aliphatic carbocycles. The first-order chi connectivity index (χ1) is 7.81. The van der Waals surface area contributed by atoms with Crippen molar-refractivity contribution in [3.63, 3.8) is 0 Å². The first-order valence-electron chi connectivity index (χ1n) is 5.90. The van der Waals surface area contributed by atoms with Crippen molar-refractivity contribution in [2.45, 2.75) is 25.8 Å². The van der Waals surface area contributed by atoms with Gasteiger partial charge in [0.25, 0.3) is 0 Å². The highest BCUT2D eigenvalue weighted by Crippen LogP contribution is 2.24. The molecule has 88 valence electrons. The van der Waals surface area contributed by atoms with Crippen molar-refractivity contribution in [1.82, 2.24) is 10.3 Å². The molecular formula is C12H18BrN3. The quantitative estimate of drug-likeness (QED) is 0.920. The summed E-state index contributed by atoms with van der Waals surface area (Å²) < 4.78 is 1.04. The molecule has 1 aromatic rings. The van der Waals surface area contributed by atoms with Gasteiger partial charge in [0.2, 0.25) is 0 Å². The van der Waals surface area contributed by atoms with Crippen molar-refractivity contribution in [1.29, 1.82) is 0 Å². The van der Waals surface area contributed by atoms with Crippen molar-refractivity contribution in [2.75, 3.05) is 24.5 Å². The minimum absolute atomic E-state index is 0.605. The standard InChI is InChI=1S/C12H18BrN3/c1-2-14-9-11-4-3-7-16(11)12-6-5-10(13)8-15-12/h5-6,8,11,14H,2-4,7,9H2,1H3. The zero-order valence-electron chi connectivity index (χ0n) is 9.62. The molecule has 0 bridgehead atoms. The van der Waals surface area contributed by atoms with Gasteiger partial charge in [-0.2, -0.15) is 0 Å². The summed E-state index contributed by atoms with van der Waals surface area (Å²) >= 11 is 3.42. The van der Waals surface area contributed by atoms with Crippen molar-refractivity contribution >= 4 is 21.7 Å². The molecule has 4 heteroatoms. The van der Waals surface area contributed by atoms with E-state index in [-0.39, 0.29) is 0 Å². The predicted molar refractivity (Wildman–Crippen MR) is 70.8 cm³/mol. The van der Waals surface area contributed by atoms with E-state index >= 15 is 0 Å². The van der Waals surface area contributed by atoms with Crippen LogP contribution >= 0.6 is 15.9 Å². The van der Waals surface area contributed by atoms with Gasteiger partial charge < -0.3 is 10.2 Å². The van der Waals surface area contributed by atoms with Crippen molar-refractivity contribution in [3.05, 3.63) is 22.8 Å². The van der Waals surface area contributed by atoms with Gasteiger partial charge in [-0.15, -0.1) is 0 Å². The van der Waals surface area contributed by atoms with E-state index in [9.17, 15) is 0 Å². The predicted octanol–water partition coefficient (Wildman–Crippen LogP) is 2.42. The van der Waals surface area contributed by atoms with Crippen LogP contribution in [0.3, 0.4) is 0 Å². The second kappa shape index (κ2) is 5.64. The number of nitrogens with zero attached hydrogens (tertiary/aromatic N) is 2. The Balaban J connectivity index is 2.04. The smallest absolute Gasteiger partial charge is 0.128 e. The monoisotopic (exact) mass is 283 g/mol. The maximum Gasteiger partial charge on any atom is 0.128 e. The highest BCUT2D eigenvalue weighted by molar-refractivity contribution is 9.10. The van der Waals surface area contributed by atoms with E-state index in [2.05, 4.69) is 50.2 Å². The summed E-state index contributed by atoms with van der Waals surface area (Å²) in [6.45, 7) is 5.38. The number of hydrogen-bond acceptors (Lipinski definition) is 3. The van der Waals surface area contributed by atoms with Crippen LogP contribution in [0.25, 0.3) is 0 Å². The summed E-state index contributed by atoms with van der Waals surface area (Å²) in [6, 6.07) is 4.76. The third kappa shape index (κ3) is 2.74. The Hall–Kier alpha value is -0.610. The van der Waals surface area contributed by atoms with E-state index in [1.165, 1.54) is 12.8 Å². The average molecular weight is 284 g/mol. The van der Waals surface area contributed by atoms with Crippen LogP contribution in [-0.2, 0) is 0 Å². The van der Waals surface area contributed by atoms with E-state index in [4.69, 9.17) is 0 Å². The largest absolute Gasteiger partial charge is 0.352 e. The molecule has 0 aromatic carbocycles. The number of rotatable bonds is 4. The van der Waals surface area contributed by atoms with E-state index in [0.717, 1.165) is 29.9 Å². The molecule has 2 heterocycles. The number of aromatic nitrogens is 1. The van der Waals surface area contributed by atoms with Gasteiger partial charge in [0.05, 0.1) is 0 Å². The topological polar surface area (TPSA) is 28.2 Å². The van der Waals surface area contributed by atoms with Crippen molar-refractivity contribution < 1.29 is 0 Å². The lowest BCUT2D eigenvalue weighted by molar-refractivity contribution is 0.584.